The summed E-state index contributed by atoms with van der Waals surface area (Å²) in [5.74, 6) is 0. The smallest absolute Gasteiger partial charge is 0.143 e. The summed E-state index contributed by atoms with van der Waals surface area (Å²) in [5.41, 5.74) is 8.96. The van der Waals surface area contributed by atoms with Gasteiger partial charge in [0.05, 0.1) is 27.8 Å². The summed E-state index contributed by atoms with van der Waals surface area (Å²) in [6.45, 7) is 0. The fourth-order valence-corrected chi connectivity index (χ4v) is 7.26. The van der Waals surface area contributed by atoms with Gasteiger partial charge >= 0.3 is 0 Å². The highest BCUT2D eigenvalue weighted by molar-refractivity contribution is 6.21. The zero-order valence-electron chi connectivity index (χ0n) is 23.2. The molecule has 0 radical (unpaired) electrons. The van der Waals surface area contributed by atoms with Crippen molar-refractivity contribution in [1.82, 2.24) is 9.13 Å². The molecule has 200 valence electrons. The van der Waals surface area contributed by atoms with Crippen LogP contribution in [0.5, 0.6) is 0 Å². The summed E-state index contributed by atoms with van der Waals surface area (Å²) in [4.78, 5) is 0. The maximum absolute atomic E-state index is 6.46. The van der Waals surface area contributed by atoms with Crippen molar-refractivity contribution in [3.05, 3.63) is 146 Å². The number of hydrogen-bond acceptors (Lipinski definition) is 1. The largest absolute Gasteiger partial charge is 0.455 e. The Kier molecular flexibility index (Phi) is 4.45. The number of aromatic nitrogens is 2. The molecule has 0 aliphatic heterocycles. The molecule has 7 aromatic carbocycles. The van der Waals surface area contributed by atoms with Crippen LogP contribution >= 0.6 is 0 Å². The van der Waals surface area contributed by atoms with Gasteiger partial charge in [-0.1, -0.05) is 91.0 Å². The van der Waals surface area contributed by atoms with Gasteiger partial charge in [0.1, 0.15) is 11.2 Å². The first kappa shape index (κ1) is 22.8. The van der Waals surface area contributed by atoms with E-state index in [0.29, 0.717) is 0 Å². The van der Waals surface area contributed by atoms with Crippen molar-refractivity contribution in [2.45, 2.75) is 0 Å². The van der Waals surface area contributed by atoms with Gasteiger partial charge in [0.15, 0.2) is 0 Å². The Morgan fingerprint density at radius 3 is 1.91 bits per heavy atom. The summed E-state index contributed by atoms with van der Waals surface area (Å²) in [6.07, 6.45) is 0. The minimum Gasteiger partial charge on any atom is -0.455 e. The van der Waals surface area contributed by atoms with Gasteiger partial charge in [0.2, 0.25) is 0 Å². The molecule has 10 rings (SSSR count). The third-order valence-electron chi connectivity index (χ3n) is 9.08. The van der Waals surface area contributed by atoms with Crippen molar-refractivity contribution in [1.29, 1.82) is 0 Å². The lowest BCUT2D eigenvalue weighted by molar-refractivity contribution is 0.672. The van der Waals surface area contributed by atoms with Crippen molar-refractivity contribution in [3.8, 4) is 11.4 Å². The summed E-state index contributed by atoms with van der Waals surface area (Å²) >= 11 is 0. The van der Waals surface area contributed by atoms with Crippen molar-refractivity contribution in [2.75, 3.05) is 0 Å². The van der Waals surface area contributed by atoms with Gasteiger partial charge in [0, 0.05) is 43.4 Å². The molecule has 0 unspecified atom stereocenters. The van der Waals surface area contributed by atoms with Crippen LogP contribution in [0, 0.1) is 0 Å². The Morgan fingerprint density at radius 2 is 1.07 bits per heavy atom. The minimum absolute atomic E-state index is 0.924. The SMILES string of the molecule is c1ccc(-n2c3ccccc3c3cccc(-n4c5ccccc5c5cc6c(ccc7c8ccccc8oc67)cc54)c32)cc1. The molecule has 0 bridgehead atoms. The van der Waals surface area contributed by atoms with Gasteiger partial charge < -0.3 is 13.6 Å². The second kappa shape index (κ2) is 8.37. The number of furan rings is 1. The maximum Gasteiger partial charge on any atom is 0.143 e. The highest BCUT2D eigenvalue weighted by Crippen LogP contribution is 2.42. The Balaban J connectivity index is 1.38. The lowest BCUT2D eigenvalue weighted by Gasteiger charge is -2.14. The molecular formula is C40H24N2O. The maximum atomic E-state index is 6.46. The Bertz CT molecular complexity index is 2720. The van der Waals surface area contributed by atoms with Crippen LogP contribution in [0.15, 0.2) is 150 Å². The predicted octanol–water partition coefficient (Wildman–Crippen LogP) is 10.9. The highest BCUT2D eigenvalue weighted by atomic mass is 16.3. The molecule has 0 saturated carbocycles. The van der Waals surface area contributed by atoms with Crippen LogP contribution in [-0.2, 0) is 0 Å². The average Bonchev–Trinajstić information content (AvgIpc) is 3.72. The lowest BCUT2D eigenvalue weighted by atomic mass is 10.0. The van der Waals surface area contributed by atoms with Gasteiger partial charge in [-0.2, -0.15) is 0 Å². The zero-order chi connectivity index (χ0) is 28.1. The Hall–Kier alpha value is -5.80. The third-order valence-corrected chi connectivity index (χ3v) is 9.08. The molecule has 0 atom stereocenters. The Morgan fingerprint density at radius 1 is 0.395 bits per heavy atom. The van der Waals surface area contributed by atoms with E-state index in [0.717, 1.165) is 38.7 Å². The molecule has 0 saturated heterocycles. The third kappa shape index (κ3) is 3.03. The van der Waals surface area contributed by atoms with Crippen LogP contribution in [0.4, 0.5) is 0 Å². The quantitative estimate of drug-likeness (QED) is 0.211. The van der Waals surface area contributed by atoms with E-state index in [1.165, 1.54) is 49.0 Å². The normalized spacial score (nSPS) is 12.2. The van der Waals surface area contributed by atoms with Crippen molar-refractivity contribution < 1.29 is 4.42 Å². The molecular weight excluding hydrogens is 524 g/mol. The zero-order valence-corrected chi connectivity index (χ0v) is 23.2. The molecule has 3 aromatic heterocycles. The molecule has 0 amide bonds. The lowest BCUT2D eigenvalue weighted by Crippen LogP contribution is -2.00. The van der Waals surface area contributed by atoms with Crippen LogP contribution in [-0.4, -0.2) is 9.13 Å². The van der Waals surface area contributed by atoms with Gasteiger partial charge in [-0.05, 0) is 60.0 Å². The first-order valence-electron chi connectivity index (χ1n) is 14.7. The summed E-state index contributed by atoms with van der Waals surface area (Å²) in [6, 6.07) is 52.3. The van der Waals surface area contributed by atoms with E-state index in [9.17, 15) is 0 Å². The van der Waals surface area contributed by atoms with E-state index in [1.54, 1.807) is 0 Å². The van der Waals surface area contributed by atoms with Crippen LogP contribution in [0.3, 0.4) is 0 Å². The predicted molar refractivity (Wildman–Crippen MR) is 180 cm³/mol. The summed E-state index contributed by atoms with van der Waals surface area (Å²) < 4.78 is 11.3. The molecule has 3 heteroatoms. The van der Waals surface area contributed by atoms with Crippen molar-refractivity contribution >= 4 is 76.3 Å². The summed E-state index contributed by atoms with van der Waals surface area (Å²) in [5, 5.41) is 9.56. The number of fused-ring (bicyclic) bond motifs is 11. The van der Waals surface area contributed by atoms with E-state index in [-0.39, 0.29) is 0 Å². The standard InChI is InChI=1S/C40H24N2O/c1-2-11-26(12-3-1)41-34-17-7-4-13-27(34)30-16-10-19-36(39(30)41)42-35-18-8-5-14-28(35)33-24-32-25(23-37(33)42)21-22-31-29-15-6-9-20-38(29)43-40(31)32/h1-24H. The number of benzene rings is 7. The van der Waals surface area contributed by atoms with E-state index in [2.05, 4.69) is 149 Å². The van der Waals surface area contributed by atoms with E-state index >= 15 is 0 Å². The topological polar surface area (TPSA) is 23.0 Å². The second-order valence-electron chi connectivity index (χ2n) is 11.3. The van der Waals surface area contributed by atoms with E-state index in [1.807, 2.05) is 6.07 Å². The Labute approximate surface area is 246 Å². The van der Waals surface area contributed by atoms with E-state index < -0.39 is 0 Å². The van der Waals surface area contributed by atoms with Gasteiger partial charge in [-0.15, -0.1) is 0 Å². The van der Waals surface area contributed by atoms with Crippen LogP contribution < -0.4 is 0 Å². The molecule has 0 aliphatic carbocycles. The summed E-state index contributed by atoms with van der Waals surface area (Å²) in [7, 11) is 0. The number of para-hydroxylation sites is 5. The monoisotopic (exact) mass is 548 g/mol. The van der Waals surface area contributed by atoms with Crippen LogP contribution in [0.25, 0.3) is 87.7 Å². The number of rotatable bonds is 2. The average molecular weight is 549 g/mol. The molecule has 0 spiro atoms. The van der Waals surface area contributed by atoms with Crippen molar-refractivity contribution in [3.63, 3.8) is 0 Å². The first-order valence-corrected chi connectivity index (χ1v) is 14.7. The molecule has 10 aromatic rings. The number of hydrogen-bond donors (Lipinski definition) is 0. The molecule has 0 aliphatic rings. The van der Waals surface area contributed by atoms with Gasteiger partial charge in [0.25, 0.3) is 0 Å². The fraction of sp³-hybridized carbons (Fsp3) is 0. The number of nitrogens with zero attached hydrogens (tertiary/aromatic N) is 2. The van der Waals surface area contributed by atoms with E-state index in [4.69, 9.17) is 4.42 Å². The van der Waals surface area contributed by atoms with Crippen LogP contribution in [0.2, 0.25) is 0 Å². The van der Waals surface area contributed by atoms with Crippen LogP contribution in [0.1, 0.15) is 0 Å². The molecule has 3 nitrogen and oxygen atoms in total. The molecule has 43 heavy (non-hydrogen) atoms. The molecule has 0 fully saturated rings. The minimum atomic E-state index is 0.924. The molecule has 3 heterocycles. The first-order chi connectivity index (χ1) is 21.3. The van der Waals surface area contributed by atoms with Crippen molar-refractivity contribution in [2.24, 2.45) is 0 Å². The second-order valence-corrected chi connectivity index (χ2v) is 11.3. The van der Waals surface area contributed by atoms with Gasteiger partial charge in [-0.3, -0.25) is 0 Å². The fourth-order valence-electron chi connectivity index (χ4n) is 7.26. The molecule has 0 N–H and O–H groups in total. The highest BCUT2D eigenvalue weighted by Gasteiger charge is 2.21. The van der Waals surface area contributed by atoms with Gasteiger partial charge in [-0.25, -0.2) is 0 Å².